The van der Waals surface area contributed by atoms with Crippen molar-refractivity contribution in [1.29, 1.82) is 0 Å². The number of rotatable bonds is 5. The second kappa shape index (κ2) is 8.13. The highest BCUT2D eigenvalue weighted by Crippen LogP contribution is 2.44. The number of hydrogen-bond donors (Lipinski definition) is 1. The first kappa shape index (κ1) is 20.3. The summed E-state index contributed by atoms with van der Waals surface area (Å²) in [5.41, 5.74) is 5.06. The van der Waals surface area contributed by atoms with Crippen LogP contribution >= 0.6 is 11.3 Å². The van der Waals surface area contributed by atoms with E-state index in [1.54, 1.807) is 0 Å². The SMILES string of the molecule is CC(C(=O)O)N(C(=O)OCC1c2ccccc2-c2ccccc21)c1csc2ccccc12. The number of carbonyl (C=O) groups is 2. The predicted molar refractivity (Wildman–Crippen MR) is 126 cm³/mol. The molecule has 5 rings (SSSR count). The first-order valence-corrected chi connectivity index (χ1v) is 11.3. The normalized spacial score (nSPS) is 13.4. The topological polar surface area (TPSA) is 66.8 Å². The van der Waals surface area contributed by atoms with Crippen LogP contribution in [0.25, 0.3) is 21.2 Å². The van der Waals surface area contributed by atoms with E-state index < -0.39 is 18.1 Å². The minimum absolute atomic E-state index is 0.0902. The predicted octanol–water partition coefficient (Wildman–Crippen LogP) is 6.13. The van der Waals surface area contributed by atoms with Crippen LogP contribution < -0.4 is 4.90 Å². The summed E-state index contributed by atoms with van der Waals surface area (Å²) in [5.74, 6) is -1.18. The number of fused-ring (bicyclic) bond motifs is 4. The molecule has 6 heteroatoms. The highest BCUT2D eigenvalue weighted by molar-refractivity contribution is 7.17. The van der Waals surface area contributed by atoms with Gasteiger partial charge in [0.2, 0.25) is 0 Å². The molecule has 5 nitrogen and oxygen atoms in total. The summed E-state index contributed by atoms with van der Waals surface area (Å²) in [6.45, 7) is 1.63. The molecule has 160 valence electrons. The molecule has 1 unspecified atom stereocenters. The minimum Gasteiger partial charge on any atom is -0.480 e. The fourth-order valence-corrected chi connectivity index (χ4v) is 5.33. The lowest BCUT2D eigenvalue weighted by Gasteiger charge is -2.26. The van der Waals surface area contributed by atoms with Gasteiger partial charge < -0.3 is 9.84 Å². The Hall–Kier alpha value is -3.64. The number of amides is 1. The van der Waals surface area contributed by atoms with Crippen LogP contribution in [0, 0.1) is 0 Å². The zero-order valence-corrected chi connectivity index (χ0v) is 18.2. The fourth-order valence-electron chi connectivity index (χ4n) is 4.39. The van der Waals surface area contributed by atoms with Crippen LogP contribution in [0.1, 0.15) is 24.0 Å². The highest BCUT2D eigenvalue weighted by Gasteiger charge is 2.33. The Bertz CT molecular complexity index is 1280. The standard InChI is InChI=1S/C26H21NO4S/c1-16(25(28)29)27(23-15-32-24-13-7-6-12-21(23)24)26(30)31-14-22-19-10-4-2-8-17(19)18-9-3-5-11-20(18)22/h2-13,15-16,22H,14H2,1H3,(H,28,29). The Morgan fingerprint density at radius 1 is 0.969 bits per heavy atom. The maximum absolute atomic E-state index is 13.3. The zero-order chi connectivity index (χ0) is 22.2. The molecule has 4 aromatic rings. The Kier molecular flexibility index (Phi) is 5.15. The van der Waals surface area contributed by atoms with Crippen LogP contribution in [-0.2, 0) is 9.53 Å². The van der Waals surface area contributed by atoms with Gasteiger partial charge in [-0.05, 0) is 35.2 Å². The van der Waals surface area contributed by atoms with Crippen LogP contribution in [0.4, 0.5) is 10.5 Å². The average molecular weight is 444 g/mol. The van der Waals surface area contributed by atoms with Gasteiger partial charge in [-0.1, -0.05) is 66.7 Å². The number of carboxylic acids is 1. The quantitative estimate of drug-likeness (QED) is 0.403. The van der Waals surface area contributed by atoms with E-state index in [1.165, 1.54) is 23.2 Å². The van der Waals surface area contributed by atoms with Crippen molar-refractivity contribution in [3.63, 3.8) is 0 Å². The number of nitrogens with zero attached hydrogens (tertiary/aromatic N) is 1. The van der Waals surface area contributed by atoms with Gasteiger partial charge in [0.05, 0.1) is 5.69 Å². The maximum Gasteiger partial charge on any atom is 0.415 e. The number of carbonyl (C=O) groups excluding carboxylic acids is 1. The molecule has 1 heterocycles. The molecule has 1 aromatic heterocycles. The van der Waals surface area contributed by atoms with Gasteiger partial charge in [-0.25, -0.2) is 9.59 Å². The van der Waals surface area contributed by atoms with Gasteiger partial charge in [0.15, 0.2) is 0 Å². The third kappa shape index (κ3) is 3.33. The summed E-state index contributed by atoms with van der Waals surface area (Å²) in [6.07, 6.45) is -0.662. The van der Waals surface area contributed by atoms with Gasteiger partial charge >= 0.3 is 12.1 Å². The zero-order valence-electron chi connectivity index (χ0n) is 17.4. The number of benzene rings is 3. The van der Waals surface area contributed by atoms with Gasteiger partial charge in [-0.2, -0.15) is 0 Å². The van der Waals surface area contributed by atoms with Crippen molar-refractivity contribution in [2.45, 2.75) is 18.9 Å². The maximum atomic E-state index is 13.3. The molecular weight excluding hydrogens is 422 g/mol. The number of ether oxygens (including phenoxy) is 1. The molecule has 1 atom stereocenters. The molecule has 0 aliphatic heterocycles. The lowest BCUT2D eigenvalue weighted by atomic mass is 9.98. The molecular formula is C26H21NO4S. The lowest BCUT2D eigenvalue weighted by Crippen LogP contribution is -2.44. The Morgan fingerprint density at radius 2 is 1.56 bits per heavy atom. The molecule has 0 spiro atoms. The third-order valence-electron chi connectivity index (χ3n) is 6.00. The molecule has 1 amide bonds. The number of carboxylic acid groups (broad SMARTS) is 1. The third-order valence-corrected chi connectivity index (χ3v) is 6.95. The van der Waals surface area contributed by atoms with Crippen molar-refractivity contribution in [1.82, 2.24) is 0 Å². The summed E-state index contributed by atoms with van der Waals surface area (Å²) in [5, 5.41) is 12.3. The lowest BCUT2D eigenvalue weighted by molar-refractivity contribution is -0.138. The van der Waals surface area contributed by atoms with Crippen molar-refractivity contribution in [2.75, 3.05) is 11.5 Å². The van der Waals surface area contributed by atoms with Crippen molar-refractivity contribution in [2.24, 2.45) is 0 Å². The highest BCUT2D eigenvalue weighted by atomic mass is 32.1. The molecule has 0 saturated heterocycles. The first-order valence-electron chi connectivity index (χ1n) is 10.4. The van der Waals surface area contributed by atoms with Gasteiger partial charge in [0.1, 0.15) is 12.6 Å². The summed E-state index contributed by atoms with van der Waals surface area (Å²) < 4.78 is 6.76. The van der Waals surface area contributed by atoms with Crippen molar-refractivity contribution >= 4 is 39.2 Å². The monoisotopic (exact) mass is 443 g/mol. The van der Waals surface area contributed by atoms with Gasteiger partial charge in [-0.15, -0.1) is 11.3 Å². The van der Waals surface area contributed by atoms with Crippen LogP contribution in [0.3, 0.4) is 0 Å². The minimum atomic E-state index is -1.09. The van der Waals surface area contributed by atoms with E-state index in [9.17, 15) is 14.7 Å². The van der Waals surface area contributed by atoms with E-state index in [0.717, 1.165) is 32.3 Å². The van der Waals surface area contributed by atoms with Crippen LogP contribution in [0.2, 0.25) is 0 Å². The molecule has 32 heavy (non-hydrogen) atoms. The first-order chi connectivity index (χ1) is 15.6. The molecule has 0 saturated carbocycles. The van der Waals surface area contributed by atoms with Gasteiger partial charge in [0, 0.05) is 21.4 Å². The molecule has 0 bridgehead atoms. The van der Waals surface area contributed by atoms with E-state index in [1.807, 2.05) is 53.9 Å². The van der Waals surface area contributed by atoms with Crippen molar-refractivity contribution in [3.05, 3.63) is 89.3 Å². The summed E-state index contributed by atoms with van der Waals surface area (Å²) >= 11 is 1.47. The fraction of sp³-hybridized carbons (Fsp3) is 0.154. The van der Waals surface area contributed by atoms with E-state index in [0.29, 0.717) is 5.69 Å². The van der Waals surface area contributed by atoms with E-state index in [4.69, 9.17) is 4.74 Å². The average Bonchev–Trinajstić information content (AvgIpc) is 3.37. The summed E-state index contributed by atoms with van der Waals surface area (Å²) in [4.78, 5) is 26.3. The van der Waals surface area contributed by atoms with Crippen LogP contribution in [0.15, 0.2) is 78.2 Å². The number of hydrogen-bond acceptors (Lipinski definition) is 4. The number of aliphatic carboxylic acids is 1. The Labute approximate surface area is 189 Å². The molecule has 1 N–H and O–H groups in total. The Morgan fingerprint density at radius 3 is 2.22 bits per heavy atom. The largest absolute Gasteiger partial charge is 0.480 e. The van der Waals surface area contributed by atoms with Crippen LogP contribution in [0.5, 0.6) is 0 Å². The van der Waals surface area contributed by atoms with Crippen molar-refractivity contribution in [3.8, 4) is 11.1 Å². The van der Waals surface area contributed by atoms with E-state index >= 15 is 0 Å². The molecule has 1 aliphatic rings. The smallest absolute Gasteiger partial charge is 0.415 e. The summed E-state index contributed by atoms with van der Waals surface area (Å²) in [7, 11) is 0. The van der Waals surface area contributed by atoms with Gasteiger partial charge in [-0.3, -0.25) is 4.90 Å². The van der Waals surface area contributed by atoms with Crippen LogP contribution in [-0.4, -0.2) is 29.8 Å². The van der Waals surface area contributed by atoms with Gasteiger partial charge in [0.25, 0.3) is 0 Å². The molecule has 0 radical (unpaired) electrons. The van der Waals surface area contributed by atoms with Crippen molar-refractivity contribution < 1.29 is 19.4 Å². The Balaban J connectivity index is 1.46. The van der Waals surface area contributed by atoms with E-state index in [-0.39, 0.29) is 12.5 Å². The number of anilines is 1. The number of thiophene rings is 1. The molecule has 0 fully saturated rings. The second-order valence-corrected chi connectivity index (χ2v) is 8.72. The van der Waals surface area contributed by atoms with E-state index in [2.05, 4.69) is 24.3 Å². The second-order valence-electron chi connectivity index (χ2n) is 7.81. The summed E-state index contributed by atoms with van der Waals surface area (Å²) in [6, 6.07) is 22.8. The molecule has 3 aromatic carbocycles. The molecule has 1 aliphatic carbocycles.